The molecule has 0 saturated heterocycles. The molecule has 70 valence electrons. The van der Waals surface area contributed by atoms with Crippen molar-refractivity contribution >= 4 is 5.91 Å². The topological polar surface area (TPSA) is 55.1 Å². The molecule has 12 heavy (non-hydrogen) atoms. The van der Waals surface area contributed by atoms with Crippen LogP contribution in [0.25, 0.3) is 0 Å². The normalized spacial score (nSPS) is 30.8. The van der Waals surface area contributed by atoms with E-state index in [0.717, 1.165) is 19.3 Å². The van der Waals surface area contributed by atoms with E-state index in [2.05, 4.69) is 5.32 Å². The van der Waals surface area contributed by atoms with Gasteiger partial charge in [-0.15, -0.1) is 0 Å². The van der Waals surface area contributed by atoms with Crippen molar-refractivity contribution in [3.05, 3.63) is 0 Å². The molecule has 0 aliphatic heterocycles. The van der Waals surface area contributed by atoms with Gasteiger partial charge >= 0.3 is 0 Å². The van der Waals surface area contributed by atoms with E-state index in [-0.39, 0.29) is 11.9 Å². The van der Waals surface area contributed by atoms with Gasteiger partial charge in [0, 0.05) is 19.0 Å². The highest BCUT2D eigenvalue weighted by Gasteiger charge is 2.17. The molecule has 0 bridgehead atoms. The fraction of sp³-hybridized carbons (Fsp3) is 0.889. The Morgan fingerprint density at radius 1 is 1.42 bits per heavy atom. The van der Waals surface area contributed by atoms with Crippen LogP contribution in [0, 0.1) is 0 Å². The molecule has 0 heterocycles. The number of hydrogen-bond acceptors (Lipinski definition) is 2. The Morgan fingerprint density at radius 2 is 2.08 bits per heavy atom. The van der Waals surface area contributed by atoms with Crippen LogP contribution in [-0.4, -0.2) is 18.0 Å². The van der Waals surface area contributed by atoms with Gasteiger partial charge < -0.3 is 11.1 Å². The molecule has 1 fully saturated rings. The number of nitrogens with one attached hydrogen (secondary N) is 1. The first-order chi connectivity index (χ1) is 5.68. The van der Waals surface area contributed by atoms with Gasteiger partial charge in [0.25, 0.3) is 0 Å². The minimum Gasteiger partial charge on any atom is -0.354 e. The van der Waals surface area contributed by atoms with E-state index in [1.165, 1.54) is 12.8 Å². The number of amides is 1. The zero-order valence-electron chi connectivity index (χ0n) is 7.68. The van der Waals surface area contributed by atoms with Gasteiger partial charge in [0.1, 0.15) is 0 Å². The van der Waals surface area contributed by atoms with Gasteiger partial charge in [0.2, 0.25) is 5.91 Å². The quantitative estimate of drug-likeness (QED) is 0.571. The van der Waals surface area contributed by atoms with Crippen molar-refractivity contribution in [2.75, 3.05) is 0 Å². The molecule has 1 rings (SSSR count). The summed E-state index contributed by atoms with van der Waals surface area (Å²) in [4.78, 5) is 10.8. The number of hydrogen-bond donors (Lipinski definition) is 2. The Hall–Kier alpha value is -0.570. The lowest BCUT2D eigenvalue weighted by atomic mass is 10.1. The van der Waals surface area contributed by atoms with Crippen LogP contribution in [-0.2, 0) is 4.79 Å². The maximum absolute atomic E-state index is 10.8. The van der Waals surface area contributed by atoms with Crippen molar-refractivity contribution in [3.63, 3.8) is 0 Å². The predicted octanol–water partition coefficient (Wildman–Crippen LogP) is 0.783. The second-order valence-corrected chi connectivity index (χ2v) is 3.68. The molecule has 0 aromatic carbocycles. The van der Waals surface area contributed by atoms with Gasteiger partial charge in [-0.3, -0.25) is 4.79 Å². The largest absolute Gasteiger partial charge is 0.354 e. The lowest BCUT2D eigenvalue weighted by Gasteiger charge is -2.17. The van der Waals surface area contributed by atoms with E-state index in [1.807, 2.05) is 0 Å². The molecule has 3 heteroatoms. The molecule has 1 aliphatic rings. The Balaban J connectivity index is 2.35. The summed E-state index contributed by atoms with van der Waals surface area (Å²) in [7, 11) is 0. The molecule has 0 spiro atoms. The molecule has 3 nitrogen and oxygen atoms in total. The highest BCUT2D eigenvalue weighted by molar-refractivity contribution is 5.73. The van der Waals surface area contributed by atoms with Crippen molar-refractivity contribution < 1.29 is 4.79 Å². The average molecular weight is 170 g/mol. The van der Waals surface area contributed by atoms with Gasteiger partial charge in [-0.2, -0.15) is 0 Å². The van der Waals surface area contributed by atoms with Crippen LogP contribution in [0.1, 0.15) is 39.0 Å². The SMILES string of the molecule is CC(=O)NC1CCCCC(N)C1. The molecule has 2 atom stereocenters. The predicted molar refractivity (Wildman–Crippen MR) is 48.7 cm³/mol. The third-order valence-corrected chi connectivity index (χ3v) is 2.37. The number of nitrogens with two attached hydrogens (primary N) is 1. The fourth-order valence-corrected chi connectivity index (χ4v) is 1.82. The standard InChI is InChI=1S/C9H18N2O/c1-7(12)11-9-5-3-2-4-8(10)6-9/h8-9H,2-6,10H2,1H3,(H,11,12). The zero-order valence-corrected chi connectivity index (χ0v) is 7.68. The van der Waals surface area contributed by atoms with Gasteiger partial charge in [0.05, 0.1) is 0 Å². The number of carbonyl (C=O) groups is 1. The summed E-state index contributed by atoms with van der Waals surface area (Å²) in [5, 5.41) is 2.93. The van der Waals surface area contributed by atoms with E-state index in [9.17, 15) is 4.79 Å². The van der Waals surface area contributed by atoms with Crippen molar-refractivity contribution in [1.82, 2.24) is 5.32 Å². The average Bonchev–Trinajstić information content (AvgIpc) is 2.12. The molecule has 2 unspecified atom stereocenters. The van der Waals surface area contributed by atoms with E-state index in [1.54, 1.807) is 6.92 Å². The van der Waals surface area contributed by atoms with Crippen LogP contribution in [0.4, 0.5) is 0 Å². The summed E-state index contributed by atoms with van der Waals surface area (Å²) in [5.41, 5.74) is 5.85. The Bertz CT molecular complexity index is 159. The maximum Gasteiger partial charge on any atom is 0.217 e. The minimum atomic E-state index is 0.0640. The van der Waals surface area contributed by atoms with Gasteiger partial charge in [-0.25, -0.2) is 0 Å². The van der Waals surface area contributed by atoms with E-state index in [0.29, 0.717) is 6.04 Å². The lowest BCUT2D eigenvalue weighted by molar-refractivity contribution is -0.119. The molecule has 1 saturated carbocycles. The molecule has 3 N–H and O–H groups in total. The molecule has 0 aromatic heterocycles. The summed E-state index contributed by atoms with van der Waals surface area (Å²) in [6, 6.07) is 0.601. The fourth-order valence-electron chi connectivity index (χ4n) is 1.82. The Morgan fingerprint density at radius 3 is 2.75 bits per heavy atom. The van der Waals surface area contributed by atoms with E-state index in [4.69, 9.17) is 5.73 Å². The third-order valence-electron chi connectivity index (χ3n) is 2.37. The highest BCUT2D eigenvalue weighted by Crippen LogP contribution is 2.16. The van der Waals surface area contributed by atoms with Crippen LogP contribution < -0.4 is 11.1 Å². The Kier molecular flexibility index (Phi) is 3.53. The highest BCUT2D eigenvalue weighted by atomic mass is 16.1. The maximum atomic E-state index is 10.8. The first-order valence-corrected chi connectivity index (χ1v) is 4.71. The first kappa shape index (κ1) is 9.52. The van der Waals surface area contributed by atoms with Crippen LogP contribution in [0.2, 0.25) is 0 Å². The molecule has 1 amide bonds. The number of rotatable bonds is 1. The third kappa shape index (κ3) is 3.22. The van der Waals surface area contributed by atoms with Crippen LogP contribution in [0.15, 0.2) is 0 Å². The van der Waals surface area contributed by atoms with Gasteiger partial charge in [-0.1, -0.05) is 12.8 Å². The lowest BCUT2D eigenvalue weighted by Crippen LogP contribution is -2.36. The minimum absolute atomic E-state index is 0.0640. The smallest absolute Gasteiger partial charge is 0.217 e. The van der Waals surface area contributed by atoms with Crippen molar-refractivity contribution in [2.45, 2.75) is 51.1 Å². The summed E-state index contributed by atoms with van der Waals surface area (Å²) in [6.07, 6.45) is 5.54. The molecular formula is C9H18N2O. The zero-order chi connectivity index (χ0) is 8.97. The van der Waals surface area contributed by atoms with E-state index >= 15 is 0 Å². The summed E-state index contributed by atoms with van der Waals surface area (Å²) in [5.74, 6) is 0.0640. The number of carbonyl (C=O) groups excluding carboxylic acids is 1. The Labute approximate surface area is 73.7 Å². The molecule has 0 aromatic rings. The van der Waals surface area contributed by atoms with E-state index < -0.39 is 0 Å². The summed E-state index contributed by atoms with van der Waals surface area (Å²) in [6.45, 7) is 1.57. The molecule has 1 aliphatic carbocycles. The van der Waals surface area contributed by atoms with Crippen molar-refractivity contribution in [2.24, 2.45) is 5.73 Å². The van der Waals surface area contributed by atoms with Gasteiger partial charge in [-0.05, 0) is 19.3 Å². The molecular weight excluding hydrogens is 152 g/mol. The summed E-state index contributed by atoms with van der Waals surface area (Å²) < 4.78 is 0. The van der Waals surface area contributed by atoms with Crippen molar-refractivity contribution in [1.29, 1.82) is 0 Å². The second-order valence-electron chi connectivity index (χ2n) is 3.68. The van der Waals surface area contributed by atoms with Crippen LogP contribution >= 0.6 is 0 Å². The van der Waals surface area contributed by atoms with Crippen molar-refractivity contribution in [3.8, 4) is 0 Å². The van der Waals surface area contributed by atoms with Crippen LogP contribution in [0.3, 0.4) is 0 Å². The first-order valence-electron chi connectivity index (χ1n) is 4.71. The monoisotopic (exact) mass is 170 g/mol. The van der Waals surface area contributed by atoms with Gasteiger partial charge in [0.15, 0.2) is 0 Å². The second kappa shape index (κ2) is 4.45. The van der Waals surface area contributed by atoms with Crippen LogP contribution in [0.5, 0.6) is 0 Å². The summed E-state index contributed by atoms with van der Waals surface area (Å²) >= 11 is 0. The molecule has 0 radical (unpaired) electrons.